The number of halogens is 2. The number of pyridine rings is 1. The average molecular weight is 425 g/mol. The molecule has 4 aromatic rings. The quantitative estimate of drug-likeness (QED) is 0.517. The Balaban J connectivity index is 1.90. The molecule has 0 saturated heterocycles. The second kappa shape index (κ2) is 7.72. The second-order valence-corrected chi connectivity index (χ2v) is 7.38. The van der Waals surface area contributed by atoms with E-state index in [2.05, 4.69) is 10.2 Å². The van der Waals surface area contributed by atoms with Crippen molar-refractivity contribution in [3.05, 3.63) is 71.4 Å². The fraction of sp³-hybridized carbons (Fsp3) is 0.143. The molecule has 2 N–H and O–H groups in total. The first-order valence-electron chi connectivity index (χ1n) is 9.21. The van der Waals surface area contributed by atoms with E-state index in [0.29, 0.717) is 28.6 Å². The highest BCUT2D eigenvalue weighted by Gasteiger charge is 2.19. The molecule has 4 rings (SSSR count). The minimum atomic E-state index is -0.619. The summed E-state index contributed by atoms with van der Waals surface area (Å²) < 4.78 is 17.2. The van der Waals surface area contributed by atoms with Crippen molar-refractivity contribution in [2.24, 2.45) is 5.73 Å². The number of primary amides is 1. The third-order valence-electron chi connectivity index (χ3n) is 4.67. The fourth-order valence-electron chi connectivity index (χ4n) is 3.23. The van der Waals surface area contributed by atoms with E-state index in [1.807, 2.05) is 30.5 Å². The zero-order valence-corrected chi connectivity index (χ0v) is 17.0. The van der Waals surface area contributed by atoms with Crippen LogP contribution in [0.2, 0.25) is 5.02 Å². The Bertz CT molecular complexity index is 1250. The van der Waals surface area contributed by atoms with Crippen molar-refractivity contribution in [1.82, 2.24) is 24.3 Å². The van der Waals surface area contributed by atoms with E-state index < -0.39 is 11.7 Å². The van der Waals surface area contributed by atoms with Gasteiger partial charge in [-0.15, -0.1) is 10.2 Å². The van der Waals surface area contributed by atoms with E-state index in [-0.39, 0.29) is 16.8 Å². The van der Waals surface area contributed by atoms with E-state index in [9.17, 15) is 9.18 Å². The SMILES string of the molecule is CC(C)n1cnnc1-c1cccc(-n2c(C(N)=O)ccc2-c2ccc(F)c(Cl)c2)n1. The highest BCUT2D eigenvalue weighted by atomic mass is 35.5. The Morgan fingerprint density at radius 3 is 2.67 bits per heavy atom. The Hall–Kier alpha value is -3.52. The van der Waals surface area contributed by atoms with Gasteiger partial charge in [-0.05, 0) is 56.3 Å². The van der Waals surface area contributed by atoms with Crippen molar-refractivity contribution in [3.8, 4) is 28.6 Å². The van der Waals surface area contributed by atoms with Gasteiger partial charge in [0.2, 0.25) is 0 Å². The lowest BCUT2D eigenvalue weighted by molar-refractivity contribution is 0.0994. The second-order valence-electron chi connectivity index (χ2n) is 6.97. The largest absolute Gasteiger partial charge is 0.364 e. The van der Waals surface area contributed by atoms with Crippen molar-refractivity contribution in [2.75, 3.05) is 0 Å². The van der Waals surface area contributed by atoms with Crippen molar-refractivity contribution in [3.63, 3.8) is 0 Å². The number of carbonyl (C=O) groups excluding carboxylic acids is 1. The predicted octanol–water partition coefficient (Wildman–Crippen LogP) is 4.27. The van der Waals surface area contributed by atoms with Gasteiger partial charge in [0.05, 0.1) is 10.7 Å². The van der Waals surface area contributed by atoms with E-state index in [1.54, 1.807) is 35.2 Å². The highest BCUT2D eigenvalue weighted by Crippen LogP contribution is 2.30. The van der Waals surface area contributed by atoms with Gasteiger partial charge < -0.3 is 10.3 Å². The number of hydrogen-bond acceptors (Lipinski definition) is 4. The summed E-state index contributed by atoms with van der Waals surface area (Å²) in [6.45, 7) is 4.04. The number of benzene rings is 1. The lowest BCUT2D eigenvalue weighted by Crippen LogP contribution is -2.17. The molecule has 0 atom stereocenters. The first-order valence-corrected chi connectivity index (χ1v) is 9.59. The zero-order valence-electron chi connectivity index (χ0n) is 16.3. The Labute approximate surface area is 176 Å². The van der Waals surface area contributed by atoms with Gasteiger partial charge in [0, 0.05) is 11.6 Å². The molecular formula is C21H18ClFN6O. The van der Waals surface area contributed by atoms with E-state index in [4.69, 9.17) is 22.3 Å². The van der Waals surface area contributed by atoms with Crippen molar-refractivity contribution in [2.45, 2.75) is 19.9 Å². The van der Waals surface area contributed by atoms with Crippen LogP contribution in [-0.2, 0) is 0 Å². The highest BCUT2D eigenvalue weighted by molar-refractivity contribution is 6.31. The summed E-state index contributed by atoms with van der Waals surface area (Å²) in [5, 5.41) is 8.14. The van der Waals surface area contributed by atoms with E-state index in [1.165, 1.54) is 12.1 Å². The van der Waals surface area contributed by atoms with Gasteiger partial charge in [0.1, 0.15) is 29.4 Å². The summed E-state index contributed by atoms with van der Waals surface area (Å²) in [5.74, 6) is -0.0835. The maximum absolute atomic E-state index is 13.6. The van der Waals surface area contributed by atoms with Gasteiger partial charge in [-0.3, -0.25) is 9.36 Å². The first-order chi connectivity index (χ1) is 14.4. The average Bonchev–Trinajstić information content (AvgIpc) is 3.37. The summed E-state index contributed by atoms with van der Waals surface area (Å²) >= 11 is 5.96. The maximum Gasteiger partial charge on any atom is 0.265 e. The third-order valence-corrected chi connectivity index (χ3v) is 4.96. The topological polar surface area (TPSA) is 91.6 Å². The summed E-state index contributed by atoms with van der Waals surface area (Å²) in [6.07, 6.45) is 1.64. The minimum absolute atomic E-state index is 0.0207. The van der Waals surface area contributed by atoms with Gasteiger partial charge >= 0.3 is 0 Å². The molecule has 0 aliphatic rings. The zero-order chi connectivity index (χ0) is 21.4. The summed E-state index contributed by atoms with van der Waals surface area (Å²) in [4.78, 5) is 16.8. The molecule has 0 aliphatic heterocycles. The summed E-state index contributed by atoms with van der Waals surface area (Å²) in [5.41, 5.74) is 7.63. The van der Waals surface area contributed by atoms with Gasteiger partial charge in [0.25, 0.3) is 5.91 Å². The Kier molecular flexibility index (Phi) is 5.09. The standard InChI is InChI=1S/C21H18ClFN6O/c1-12(2)28-11-25-27-21(28)16-4-3-5-19(26-16)29-17(8-9-18(29)20(24)30)13-6-7-15(23)14(22)10-13/h3-12H,1-2H3,(H2,24,30). The Morgan fingerprint density at radius 1 is 1.17 bits per heavy atom. The molecule has 0 saturated carbocycles. The number of nitrogens with two attached hydrogens (primary N) is 1. The lowest BCUT2D eigenvalue weighted by Gasteiger charge is -2.14. The van der Waals surface area contributed by atoms with Crippen molar-refractivity contribution >= 4 is 17.5 Å². The van der Waals surface area contributed by atoms with Gasteiger partial charge in [0.15, 0.2) is 5.82 Å². The van der Waals surface area contributed by atoms with Crippen LogP contribution in [0.4, 0.5) is 4.39 Å². The fourth-order valence-corrected chi connectivity index (χ4v) is 3.41. The molecule has 30 heavy (non-hydrogen) atoms. The molecular weight excluding hydrogens is 407 g/mol. The van der Waals surface area contributed by atoms with Gasteiger partial charge in [-0.2, -0.15) is 0 Å². The van der Waals surface area contributed by atoms with Crippen LogP contribution in [0, 0.1) is 5.82 Å². The molecule has 9 heteroatoms. The number of aromatic nitrogens is 5. The molecule has 1 aromatic carbocycles. The Morgan fingerprint density at radius 2 is 1.97 bits per heavy atom. The van der Waals surface area contributed by atoms with Crippen LogP contribution >= 0.6 is 11.6 Å². The first kappa shape index (κ1) is 19.8. The number of hydrogen-bond donors (Lipinski definition) is 1. The van der Waals surface area contributed by atoms with Crippen LogP contribution in [0.1, 0.15) is 30.4 Å². The van der Waals surface area contributed by atoms with E-state index in [0.717, 1.165) is 0 Å². The maximum atomic E-state index is 13.6. The molecule has 0 unspecified atom stereocenters. The van der Waals surface area contributed by atoms with Crippen molar-refractivity contribution < 1.29 is 9.18 Å². The number of carbonyl (C=O) groups is 1. The van der Waals surface area contributed by atoms with Crippen LogP contribution in [0.5, 0.6) is 0 Å². The summed E-state index contributed by atoms with van der Waals surface area (Å²) in [7, 11) is 0. The van der Waals surface area contributed by atoms with Crippen LogP contribution in [-0.4, -0.2) is 30.2 Å². The van der Waals surface area contributed by atoms with Gasteiger partial charge in [-0.25, -0.2) is 9.37 Å². The summed E-state index contributed by atoms with van der Waals surface area (Å²) in [6, 6.07) is 13.2. The third kappa shape index (κ3) is 3.46. The van der Waals surface area contributed by atoms with Crippen molar-refractivity contribution in [1.29, 1.82) is 0 Å². The normalized spacial score (nSPS) is 11.2. The van der Waals surface area contributed by atoms with Crippen LogP contribution in [0.3, 0.4) is 0 Å². The molecule has 0 aliphatic carbocycles. The molecule has 7 nitrogen and oxygen atoms in total. The van der Waals surface area contributed by atoms with Gasteiger partial charge in [-0.1, -0.05) is 17.7 Å². The monoisotopic (exact) mass is 424 g/mol. The molecule has 0 spiro atoms. The number of amides is 1. The van der Waals surface area contributed by atoms with E-state index >= 15 is 0 Å². The molecule has 0 radical (unpaired) electrons. The predicted molar refractivity (Wildman–Crippen MR) is 112 cm³/mol. The molecule has 0 bridgehead atoms. The smallest absolute Gasteiger partial charge is 0.265 e. The van der Waals surface area contributed by atoms with Crippen LogP contribution in [0.15, 0.2) is 54.9 Å². The molecule has 3 aromatic heterocycles. The lowest BCUT2D eigenvalue weighted by atomic mass is 10.1. The molecule has 0 fully saturated rings. The minimum Gasteiger partial charge on any atom is -0.364 e. The molecule has 1 amide bonds. The number of nitrogens with zero attached hydrogens (tertiary/aromatic N) is 5. The van der Waals surface area contributed by atoms with Crippen LogP contribution < -0.4 is 5.73 Å². The molecule has 152 valence electrons. The molecule has 3 heterocycles. The number of rotatable bonds is 5. The van der Waals surface area contributed by atoms with Crippen LogP contribution in [0.25, 0.3) is 28.6 Å².